The van der Waals surface area contributed by atoms with Crippen LogP contribution in [-0.2, 0) is 18.8 Å². The van der Waals surface area contributed by atoms with E-state index in [1.165, 1.54) is 17.7 Å². The zero-order chi connectivity index (χ0) is 17.8. The second-order valence-electron chi connectivity index (χ2n) is 6.53. The third-order valence-electron chi connectivity index (χ3n) is 3.17. The maximum absolute atomic E-state index is 11.8. The van der Waals surface area contributed by atoms with Gasteiger partial charge in [0.25, 0.3) is 5.56 Å². The van der Waals surface area contributed by atoms with Crippen LogP contribution in [0.15, 0.2) is 15.7 Å². The van der Waals surface area contributed by atoms with Crippen LogP contribution in [0.2, 0.25) is 0 Å². The Morgan fingerprint density at radius 1 is 1.26 bits per heavy atom. The zero-order valence-electron chi connectivity index (χ0n) is 14.6. The van der Waals surface area contributed by atoms with Crippen LogP contribution < -0.4 is 21.9 Å². The standard InChI is InChI=1S/C15H26N4O4/c1-10(17-13(21)23-15(2,3)4)7-8-16-11-9-12(20)19(6)14(22)18(11)5/h9-10,16H,7-8H2,1-6H3,(H,17,21). The molecule has 1 unspecified atom stereocenters. The lowest BCUT2D eigenvalue weighted by atomic mass is 10.2. The normalized spacial score (nSPS) is 12.6. The SMILES string of the molecule is CC(CCNc1cc(=O)n(C)c(=O)n1C)NC(=O)OC(C)(C)C. The first-order chi connectivity index (χ1) is 10.5. The molecule has 2 N–H and O–H groups in total. The molecule has 8 nitrogen and oxygen atoms in total. The van der Waals surface area contributed by atoms with Gasteiger partial charge in [0.05, 0.1) is 0 Å². The van der Waals surface area contributed by atoms with Crippen LogP contribution in [0.5, 0.6) is 0 Å². The van der Waals surface area contributed by atoms with Gasteiger partial charge in [0.2, 0.25) is 0 Å². The topological polar surface area (TPSA) is 94.4 Å². The van der Waals surface area contributed by atoms with Crippen LogP contribution in [0.1, 0.15) is 34.1 Å². The summed E-state index contributed by atoms with van der Waals surface area (Å²) in [6.45, 7) is 7.76. The molecule has 1 heterocycles. The fourth-order valence-corrected chi connectivity index (χ4v) is 1.90. The van der Waals surface area contributed by atoms with Crippen LogP contribution in [0.4, 0.5) is 10.6 Å². The summed E-state index contributed by atoms with van der Waals surface area (Å²) < 4.78 is 7.58. The zero-order valence-corrected chi connectivity index (χ0v) is 14.6. The van der Waals surface area contributed by atoms with E-state index in [4.69, 9.17) is 4.74 Å². The molecule has 130 valence electrons. The van der Waals surface area contributed by atoms with Crippen LogP contribution in [0.3, 0.4) is 0 Å². The average Bonchev–Trinajstić information content (AvgIpc) is 2.39. The lowest BCUT2D eigenvalue weighted by Crippen LogP contribution is -2.39. The van der Waals surface area contributed by atoms with E-state index in [-0.39, 0.29) is 17.3 Å². The summed E-state index contributed by atoms with van der Waals surface area (Å²) in [5, 5.41) is 5.77. The smallest absolute Gasteiger partial charge is 0.407 e. The van der Waals surface area contributed by atoms with Crippen molar-refractivity contribution >= 4 is 11.9 Å². The highest BCUT2D eigenvalue weighted by molar-refractivity contribution is 5.68. The first-order valence-corrected chi connectivity index (χ1v) is 7.51. The van der Waals surface area contributed by atoms with Gasteiger partial charge in [0.1, 0.15) is 11.4 Å². The minimum Gasteiger partial charge on any atom is -0.444 e. The van der Waals surface area contributed by atoms with Gasteiger partial charge in [-0.15, -0.1) is 0 Å². The third kappa shape index (κ3) is 5.80. The largest absolute Gasteiger partial charge is 0.444 e. The van der Waals surface area contributed by atoms with Crippen molar-refractivity contribution in [1.29, 1.82) is 0 Å². The second-order valence-corrected chi connectivity index (χ2v) is 6.53. The van der Waals surface area contributed by atoms with Crippen LogP contribution in [-0.4, -0.2) is 33.4 Å². The molecule has 0 saturated carbocycles. The first-order valence-electron chi connectivity index (χ1n) is 7.51. The van der Waals surface area contributed by atoms with Crippen molar-refractivity contribution in [3.05, 3.63) is 26.9 Å². The quantitative estimate of drug-likeness (QED) is 0.834. The molecule has 0 radical (unpaired) electrons. The average molecular weight is 326 g/mol. The Morgan fingerprint density at radius 3 is 2.43 bits per heavy atom. The molecule has 1 aromatic heterocycles. The predicted octanol–water partition coefficient (Wildman–Crippen LogP) is 0.799. The number of nitrogens with one attached hydrogen (secondary N) is 2. The summed E-state index contributed by atoms with van der Waals surface area (Å²) >= 11 is 0. The molecule has 0 aliphatic rings. The molecular weight excluding hydrogens is 300 g/mol. The Kier molecular flexibility index (Phi) is 6.00. The first kappa shape index (κ1) is 18.8. The number of ether oxygens (including phenoxy) is 1. The maximum atomic E-state index is 11.8. The minimum absolute atomic E-state index is 0.110. The van der Waals surface area contributed by atoms with E-state index in [9.17, 15) is 14.4 Å². The highest BCUT2D eigenvalue weighted by atomic mass is 16.6. The second kappa shape index (κ2) is 7.34. The van der Waals surface area contributed by atoms with Crippen molar-refractivity contribution in [3.63, 3.8) is 0 Å². The molecule has 1 rings (SSSR count). The number of alkyl carbamates (subject to hydrolysis) is 1. The third-order valence-corrected chi connectivity index (χ3v) is 3.17. The van der Waals surface area contributed by atoms with Gasteiger partial charge >= 0.3 is 11.8 Å². The van der Waals surface area contributed by atoms with Gasteiger partial charge in [-0.25, -0.2) is 9.59 Å². The lowest BCUT2D eigenvalue weighted by Gasteiger charge is -2.22. The number of nitrogens with zero attached hydrogens (tertiary/aromatic N) is 2. The van der Waals surface area contributed by atoms with Gasteiger partial charge in [-0.05, 0) is 34.1 Å². The monoisotopic (exact) mass is 326 g/mol. The van der Waals surface area contributed by atoms with Crippen LogP contribution in [0, 0.1) is 0 Å². The number of rotatable bonds is 5. The molecule has 1 amide bonds. The molecule has 0 saturated heterocycles. The van der Waals surface area contributed by atoms with E-state index in [1.807, 2.05) is 6.92 Å². The summed E-state index contributed by atoms with van der Waals surface area (Å²) in [5.41, 5.74) is -1.29. The van der Waals surface area contributed by atoms with E-state index >= 15 is 0 Å². The van der Waals surface area contributed by atoms with E-state index in [2.05, 4.69) is 10.6 Å². The van der Waals surface area contributed by atoms with E-state index < -0.39 is 11.7 Å². The van der Waals surface area contributed by atoms with Crippen molar-refractivity contribution in [2.75, 3.05) is 11.9 Å². The molecule has 0 spiro atoms. The van der Waals surface area contributed by atoms with Gasteiger partial charge in [-0.3, -0.25) is 13.9 Å². The minimum atomic E-state index is -0.537. The van der Waals surface area contributed by atoms with E-state index in [1.54, 1.807) is 27.8 Å². The van der Waals surface area contributed by atoms with Crippen LogP contribution in [0.25, 0.3) is 0 Å². The molecule has 0 fully saturated rings. The summed E-state index contributed by atoms with van der Waals surface area (Å²) in [6.07, 6.45) is 0.147. The molecule has 1 atom stereocenters. The van der Waals surface area contributed by atoms with Crippen molar-refractivity contribution in [2.45, 2.75) is 45.8 Å². The number of carbonyl (C=O) groups excluding carboxylic acids is 1. The Balaban J connectivity index is 2.53. The summed E-state index contributed by atoms with van der Waals surface area (Å²) in [7, 11) is 3.02. The molecule has 1 aromatic rings. The summed E-state index contributed by atoms with van der Waals surface area (Å²) in [5.74, 6) is 0.447. The Labute approximate surface area is 135 Å². The highest BCUT2D eigenvalue weighted by Crippen LogP contribution is 2.07. The highest BCUT2D eigenvalue weighted by Gasteiger charge is 2.17. The number of hydrogen-bond donors (Lipinski definition) is 2. The Hall–Kier alpha value is -2.25. The van der Waals surface area contributed by atoms with Crippen molar-refractivity contribution < 1.29 is 9.53 Å². The van der Waals surface area contributed by atoms with Crippen molar-refractivity contribution in [2.24, 2.45) is 14.1 Å². The molecular formula is C15H26N4O4. The Morgan fingerprint density at radius 2 is 1.87 bits per heavy atom. The number of aromatic nitrogens is 2. The molecule has 0 bridgehead atoms. The summed E-state index contributed by atoms with van der Waals surface area (Å²) in [4.78, 5) is 35.1. The number of amides is 1. The van der Waals surface area contributed by atoms with E-state index in [0.29, 0.717) is 18.8 Å². The molecule has 0 aromatic carbocycles. The fourth-order valence-electron chi connectivity index (χ4n) is 1.90. The summed E-state index contributed by atoms with van der Waals surface area (Å²) in [6, 6.07) is 1.26. The van der Waals surface area contributed by atoms with Gasteiger partial charge < -0.3 is 15.4 Å². The number of anilines is 1. The molecule has 23 heavy (non-hydrogen) atoms. The van der Waals surface area contributed by atoms with Gasteiger partial charge in [0, 0.05) is 32.7 Å². The van der Waals surface area contributed by atoms with Gasteiger partial charge in [-0.2, -0.15) is 0 Å². The Bertz CT molecular complexity index is 670. The van der Waals surface area contributed by atoms with Crippen LogP contribution >= 0.6 is 0 Å². The predicted molar refractivity (Wildman–Crippen MR) is 88.9 cm³/mol. The number of carbonyl (C=O) groups is 1. The van der Waals surface area contributed by atoms with E-state index in [0.717, 1.165) is 4.57 Å². The van der Waals surface area contributed by atoms with Gasteiger partial charge in [-0.1, -0.05) is 0 Å². The van der Waals surface area contributed by atoms with Gasteiger partial charge in [0.15, 0.2) is 0 Å². The molecule has 0 aliphatic carbocycles. The lowest BCUT2D eigenvalue weighted by molar-refractivity contribution is 0.0507. The van der Waals surface area contributed by atoms with Crippen molar-refractivity contribution in [1.82, 2.24) is 14.5 Å². The molecule has 8 heteroatoms. The fraction of sp³-hybridized carbons (Fsp3) is 0.667. The molecule has 0 aliphatic heterocycles. The number of hydrogen-bond acceptors (Lipinski definition) is 5. The maximum Gasteiger partial charge on any atom is 0.407 e. The van der Waals surface area contributed by atoms with Crippen molar-refractivity contribution in [3.8, 4) is 0 Å².